The molecule has 2 aliphatic carbocycles. The Morgan fingerprint density at radius 3 is 2.50 bits per heavy atom. The van der Waals surface area contributed by atoms with Crippen LogP contribution in [0.25, 0.3) is 0 Å². The van der Waals surface area contributed by atoms with Crippen molar-refractivity contribution in [1.29, 1.82) is 0 Å². The lowest BCUT2D eigenvalue weighted by atomic mass is 9.64. The van der Waals surface area contributed by atoms with E-state index in [9.17, 15) is 0 Å². The highest BCUT2D eigenvalue weighted by atomic mass is 35.5. The second-order valence-electron chi connectivity index (χ2n) is 5.99. The van der Waals surface area contributed by atoms with E-state index in [1.165, 1.54) is 37.7 Å². The zero-order valence-electron chi connectivity index (χ0n) is 12.0. The van der Waals surface area contributed by atoms with Crippen LogP contribution < -0.4 is 10.6 Å². The third kappa shape index (κ3) is 2.93. The average molecular weight is 292 g/mol. The predicted octanol–water partition coefficient (Wildman–Crippen LogP) is 3.09. The SMILES string of the molecule is CN=C(NCC1(c2ccc(Cl)cc2)CCC1)NC1CC1. The molecule has 0 bridgehead atoms. The van der Waals surface area contributed by atoms with Gasteiger partial charge in [-0.15, -0.1) is 0 Å². The average Bonchev–Trinajstić information content (AvgIpc) is 3.22. The van der Waals surface area contributed by atoms with Crippen LogP contribution in [0.2, 0.25) is 5.02 Å². The van der Waals surface area contributed by atoms with Crippen LogP contribution in [0.3, 0.4) is 0 Å². The van der Waals surface area contributed by atoms with Gasteiger partial charge in [-0.1, -0.05) is 30.2 Å². The lowest BCUT2D eigenvalue weighted by molar-refractivity contribution is 0.244. The number of guanidine groups is 1. The highest BCUT2D eigenvalue weighted by Gasteiger charge is 2.38. The first kappa shape index (κ1) is 13.7. The molecule has 0 amide bonds. The van der Waals surface area contributed by atoms with Crippen molar-refractivity contribution < 1.29 is 0 Å². The molecule has 0 aromatic heterocycles. The van der Waals surface area contributed by atoms with Gasteiger partial charge in [0.2, 0.25) is 0 Å². The fraction of sp³-hybridized carbons (Fsp3) is 0.562. The number of rotatable bonds is 4. The van der Waals surface area contributed by atoms with Gasteiger partial charge in [-0.25, -0.2) is 0 Å². The van der Waals surface area contributed by atoms with E-state index in [0.29, 0.717) is 6.04 Å². The Hall–Kier alpha value is -1.22. The Balaban J connectivity index is 1.65. The molecule has 20 heavy (non-hydrogen) atoms. The van der Waals surface area contributed by atoms with Gasteiger partial charge in [-0.05, 0) is 43.4 Å². The summed E-state index contributed by atoms with van der Waals surface area (Å²) in [4.78, 5) is 4.31. The molecule has 0 heterocycles. The monoisotopic (exact) mass is 291 g/mol. The number of halogens is 1. The van der Waals surface area contributed by atoms with E-state index < -0.39 is 0 Å². The van der Waals surface area contributed by atoms with E-state index in [4.69, 9.17) is 11.6 Å². The van der Waals surface area contributed by atoms with Crippen LogP contribution in [0, 0.1) is 0 Å². The Bertz CT molecular complexity index is 487. The molecule has 0 unspecified atom stereocenters. The molecule has 4 heteroatoms. The summed E-state index contributed by atoms with van der Waals surface area (Å²) in [7, 11) is 1.84. The summed E-state index contributed by atoms with van der Waals surface area (Å²) in [6, 6.07) is 8.96. The second-order valence-corrected chi connectivity index (χ2v) is 6.42. The van der Waals surface area contributed by atoms with Crippen molar-refractivity contribution in [3.05, 3.63) is 34.9 Å². The van der Waals surface area contributed by atoms with Crippen LogP contribution in [0.5, 0.6) is 0 Å². The number of nitrogens with one attached hydrogen (secondary N) is 2. The highest BCUT2D eigenvalue weighted by Crippen LogP contribution is 2.43. The minimum Gasteiger partial charge on any atom is -0.356 e. The van der Waals surface area contributed by atoms with Crippen LogP contribution in [0.4, 0.5) is 0 Å². The molecule has 3 nitrogen and oxygen atoms in total. The van der Waals surface area contributed by atoms with Crippen LogP contribution in [0.1, 0.15) is 37.7 Å². The van der Waals surface area contributed by atoms with E-state index in [1.54, 1.807) is 0 Å². The van der Waals surface area contributed by atoms with E-state index in [0.717, 1.165) is 17.5 Å². The molecule has 2 saturated carbocycles. The topological polar surface area (TPSA) is 36.4 Å². The van der Waals surface area contributed by atoms with Crippen molar-refractivity contribution >= 4 is 17.6 Å². The number of hydrogen-bond acceptors (Lipinski definition) is 1. The Morgan fingerprint density at radius 1 is 1.30 bits per heavy atom. The van der Waals surface area contributed by atoms with Crippen molar-refractivity contribution in [2.45, 2.75) is 43.6 Å². The van der Waals surface area contributed by atoms with Crippen molar-refractivity contribution in [3.8, 4) is 0 Å². The maximum atomic E-state index is 5.99. The van der Waals surface area contributed by atoms with Gasteiger partial charge in [-0.3, -0.25) is 4.99 Å². The first-order chi connectivity index (χ1) is 9.72. The molecule has 3 rings (SSSR count). The molecule has 0 radical (unpaired) electrons. The lowest BCUT2D eigenvalue weighted by Gasteiger charge is -2.43. The van der Waals surface area contributed by atoms with Gasteiger partial charge in [0.05, 0.1) is 0 Å². The number of benzene rings is 1. The molecule has 0 saturated heterocycles. The molecule has 1 aromatic rings. The van der Waals surface area contributed by atoms with Crippen molar-refractivity contribution in [3.63, 3.8) is 0 Å². The normalized spacial score (nSPS) is 21.2. The molecule has 108 valence electrons. The second kappa shape index (κ2) is 5.65. The van der Waals surface area contributed by atoms with Crippen LogP contribution in [0.15, 0.2) is 29.3 Å². The van der Waals surface area contributed by atoms with Gasteiger partial charge in [0.15, 0.2) is 5.96 Å². The van der Waals surface area contributed by atoms with Crippen molar-refractivity contribution in [2.24, 2.45) is 4.99 Å². The van der Waals surface area contributed by atoms with E-state index in [-0.39, 0.29) is 5.41 Å². The first-order valence-corrected chi connectivity index (χ1v) is 7.83. The van der Waals surface area contributed by atoms with Gasteiger partial charge in [0, 0.05) is 30.1 Å². The fourth-order valence-electron chi connectivity index (χ4n) is 2.84. The molecule has 0 atom stereocenters. The maximum Gasteiger partial charge on any atom is 0.191 e. The lowest BCUT2D eigenvalue weighted by Crippen LogP contribution is -2.49. The van der Waals surface area contributed by atoms with Gasteiger partial charge in [0.1, 0.15) is 0 Å². The Kier molecular flexibility index (Phi) is 3.88. The summed E-state index contributed by atoms with van der Waals surface area (Å²) in [5.41, 5.74) is 1.65. The molecule has 2 fully saturated rings. The maximum absolute atomic E-state index is 5.99. The summed E-state index contributed by atoms with van der Waals surface area (Å²) < 4.78 is 0. The highest BCUT2D eigenvalue weighted by molar-refractivity contribution is 6.30. The zero-order chi connectivity index (χ0) is 14.0. The standard InChI is InChI=1S/C16H22ClN3/c1-18-15(20-14-7-8-14)19-11-16(9-2-10-16)12-3-5-13(17)6-4-12/h3-6,14H,2,7-11H2,1H3,(H2,18,19,20). The summed E-state index contributed by atoms with van der Waals surface area (Å²) in [6.45, 7) is 0.945. The summed E-state index contributed by atoms with van der Waals surface area (Å²) in [5, 5.41) is 7.75. The quantitative estimate of drug-likeness (QED) is 0.661. The molecule has 2 N–H and O–H groups in total. The Morgan fingerprint density at radius 2 is 2.00 bits per heavy atom. The third-order valence-electron chi connectivity index (χ3n) is 4.50. The van der Waals surface area contributed by atoms with Crippen LogP contribution in [-0.2, 0) is 5.41 Å². The molecule has 0 spiro atoms. The molecular weight excluding hydrogens is 270 g/mol. The fourth-order valence-corrected chi connectivity index (χ4v) is 2.97. The first-order valence-electron chi connectivity index (χ1n) is 7.45. The predicted molar refractivity (Wildman–Crippen MR) is 84.5 cm³/mol. The van der Waals surface area contributed by atoms with Gasteiger partial charge >= 0.3 is 0 Å². The zero-order valence-corrected chi connectivity index (χ0v) is 12.7. The van der Waals surface area contributed by atoms with E-state index in [1.807, 2.05) is 19.2 Å². The number of aliphatic imine (C=N–C) groups is 1. The molecule has 2 aliphatic rings. The number of hydrogen-bond donors (Lipinski definition) is 2. The number of nitrogens with zero attached hydrogens (tertiary/aromatic N) is 1. The third-order valence-corrected chi connectivity index (χ3v) is 4.76. The summed E-state index contributed by atoms with van der Waals surface area (Å²) in [5.74, 6) is 0.938. The van der Waals surface area contributed by atoms with Gasteiger partial charge in [-0.2, -0.15) is 0 Å². The minimum atomic E-state index is 0.256. The largest absolute Gasteiger partial charge is 0.356 e. The van der Waals surface area contributed by atoms with E-state index in [2.05, 4.69) is 27.8 Å². The molecule has 1 aromatic carbocycles. The van der Waals surface area contributed by atoms with Crippen molar-refractivity contribution in [2.75, 3.05) is 13.6 Å². The van der Waals surface area contributed by atoms with Crippen molar-refractivity contribution in [1.82, 2.24) is 10.6 Å². The van der Waals surface area contributed by atoms with Crippen LogP contribution in [-0.4, -0.2) is 25.6 Å². The summed E-state index contributed by atoms with van der Waals surface area (Å²) in [6.07, 6.45) is 6.31. The van der Waals surface area contributed by atoms with Gasteiger partial charge in [0.25, 0.3) is 0 Å². The molecule has 0 aliphatic heterocycles. The molecular formula is C16H22ClN3. The summed E-state index contributed by atoms with van der Waals surface area (Å²) >= 11 is 5.99. The smallest absolute Gasteiger partial charge is 0.191 e. The van der Waals surface area contributed by atoms with Gasteiger partial charge < -0.3 is 10.6 Å². The van der Waals surface area contributed by atoms with E-state index >= 15 is 0 Å². The Labute approximate surface area is 125 Å². The van der Waals surface area contributed by atoms with Crippen LogP contribution >= 0.6 is 11.6 Å². The minimum absolute atomic E-state index is 0.256.